The number of aliphatic imine (C=N–C) groups is 1. The van der Waals surface area contributed by atoms with Gasteiger partial charge >= 0.3 is 0 Å². The van der Waals surface area contributed by atoms with Gasteiger partial charge in [-0.15, -0.1) is 0 Å². The number of nitrogens with one attached hydrogen (secondary N) is 1. The van der Waals surface area contributed by atoms with Gasteiger partial charge < -0.3 is 5.32 Å². The minimum Gasteiger partial charge on any atom is -0.369 e. The maximum absolute atomic E-state index is 5.23. The summed E-state index contributed by atoms with van der Waals surface area (Å²) in [5.41, 5.74) is 5.84. The fourth-order valence-corrected chi connectivity index (χ4v) is 5.99. The Morgan fingerprint density at radius 2 is 1.96 bits per heavy atom. The Labute approximate surface area is 167 Å². The zero-order valence-electron chi connectivity index (χ0n) is 16.8. The first kappa shape index (κ1) is 19.0. The number of hydrogen-bond acceptors (Lipinski definition) is 5. The summed E-state index contributed by atoms with van der Waals surface area (Å²) in [4.78, 5) is 15.8. The number of aromatic nitrogens is 2. The summed E-state index contributed by atoms with van der Waals surface area (Å²) in [5.74, 6) is 1.41. The van der Waals surface area contributed by atoms with E-state index in [1.807, 2.05) is 11.8 Å². The van der Waals surface area contributed by atoms with Gasteiger partial charge in [0, 0.05) is 12.3 Å². The number of dihydropyridines is 1. The summed E-state index contributed by atoms with van der Waals surface area (Å²) in [6.45, 7) is 5.52. The highest BCUT2D eigenvalue weighted by Gasteiger charge is 2.43. The van der Waals surface area contributed by atoms with E-state index < -0.39 is 0 Å². The molecule has 2 unspecified atom stereocenters. The van der Waals surface area contributed by atoms with Crippen LogP contribution in [0.3, 0.4) is 0 Å². The maximum Gasteiger partial charge on any atom is 0.143 e. The standard InChI is InChI=1S/C22H32N4S/c1-3-5-7-8-13-23-21-20-19(24-14-25-21)18-16-11-9-10-15(16)17(12-6-4-2)26-22(18)27-20/h14,18,22H,3-13H2,1-2H3,(H,23,24,25). The second kappa shape index (κ2) is 8.76. The summed E-state index contributed by atoms with van der Waals surface area (Å²) in [6.07, 6.45) is 14.2. The molecule has 0 saturated carbocycles. The monoisotopic (exact) mass is 384 g/mol. The van der Waals surface area contributed by atoms with Gasteiger partial charge in [0.05, 0.1) is 16.5 Å². The highest BCUT2D eigenvalue weighted by atomic mass is 32.2. The molecule has 1 aromatic heterocycles. The van der Waals surface area contributed by atoms with Gasteiger partial charge in [-0.1, -0.05) is 56.9 Å². The molecule has 0 fully saturated rings. The van der Waals surface area contributed by atoms with E-state index in [4.69, 9.17) is 9.98 Å². The quantitative estimate of drug-likeness (QED) is 0.522. The van der Waals surface area contributed by atoms with E-state index in [2.05, 4.69) is 24.1 Å². The van der Waals surface area contributed by atoms with Crippen molar-refractivity contribution in [3.05, 3.63) is 23.2 Å². The van der Waals surface area contributed by atoms with Crippen LogP contribution in [0.1, 0.15) is 89.7 Å². The van der Waals surface area contributed by atoms with Crippen molar-refractivity contribution >= 4 is 23.3 Å². The fraction of sp³-hybridized carbons (Fsp3) is 0.682. The van der Waals surface area contributed by atoms with Crippen molar-refractivity contribution in [1.29, 1.82) is 0 Å². The molecule has 0 amide bonds. The van der Waals surface area contributed by atoms with E-state index in [0.29, 0.717) is 5.92 Å². The minimum atomic E-state index is 0.279. The first-order valence-electron chi connectivity index (χ1n) is 10.9. The van der Waals surface area contributed by atoms with Gasteiger partial charge in [0.2, 0.25) is 0 Å². The summed E-state index contributed by atoms with van der Waals surface area (Å²) in [5, 5.41) is 3.86. The summed E-state index contributed by atoms with van der Waals surface area (Å²) >= 11 is 1.89. The fourth-order valence-electron chi connectivity index (χ4n) is 4.60. The molecule has 4 nitrogen and oxygen atoms in total. The number of anilines is 1. The molecule has 2 aliphatic heterocycles. The molecule has 27 heavy (non-hydrogen) atoms. The Bertz CT molecular complexity index is 740. The number of hydrogen-bond donors (Lipinski definition) is 1. The van der Waals surface area contributed by atoms with Crippen molar-refractivity contribution < 1.29 is 0 Å². The third-order valence-electron chi connectivity index (χ3n) is 6.01. The molecule has 0 saturated heterocycles. The number of allylic oxidation sites excluding steroid dienone is 1. The normalized spacial score (nSPS) is 23.1. The lowest BCUT2D eigenvalue weighted by Gasteiger charge is -2.26. The SMILES string of the molecule is CCCCCCNc1ncnc2c1SC1N=C(CCCC)C3=C(CCC3)C21. The van der Waals surface area contributed by atoms with Crippen LogP contribution in [0, 0.1) is 0 Å². The van der Waals surface area contributed by atoms with Crippen LogP contribution in [0.2, 0.25) is 0 Å². The zero-order chi connectivity index (χ0) is 18.6. The molecule has 0 bridgehead atoms. The molecular weight excluding hydrogens is 352 g/mol. The predicted octanol–water partition coefficient (Wildman–Crippen LogP) is 6.11. The number of thioether (sulfide) groups is 1. The van der Waals surface area contributed by atoms with Crippen LogP contribution in [0.5, 0.6) is 0 Å². The number of unbranched alkanes of at least 4 members (excludes halogenated alkanes) is 4. The van der Waals surface area contributed by atoms with E-state index in [1.165, 1.54) is 74.1 Å². The van der Waals surface area contributed by atoms with Crippen molar-refractivity contribution in [2.45, 2.75) is 94.2 Å². The summed E-state index contributed by atoms with van der Waals surface area (Å²) in [6, 6.07) is 0. The molecule has 2 atom stereocenters. The average molecular weight is 385 g/mol. The van der Waals surface area contributed by atoms with Gasteiger partial charge in [0.15, 0.2) is 0 Å². The molecule has 1 N–H and O–H groups in total. The topological polar surface area (TPSA) is 50.2 Å². The number of rotatable bonds is 9. The molecule has 5 heteroatoms. The van der Waals surface area contributed by atoms with Crippen LogP contribution in [-0.4, -0.2) is 27.6 Å². The Hall–Kier alpha value is -1.36. The van der Waals surface area contributed by atoms with Crippen LogP contribution >= 0.6 is 11.8 Å². The maximum atomic E-state index is 5.23. The Kier molecular flexibility index (Phi) is 6.16. The molecule has 3 heterocycles. The van der Waals surface area contributed by atoms with E-state index in [0.717, 1.165) is 18.8 Å². The van der Waals surface area contributed by atoms with Gasteiger partial charge in [-0.2, -0.15) is 0 Å². The molecular formula is C22H32N4S. The Balaban J connectivity index is 1.54. The first-order chi connectivity index (χ1) is 13.3. The third-order valence-corrected chi connectivity index (χ3v) is 7.26. The van der Waals surface area contributed by atoms with Gasteiger partial charge in [0.1, 0.15) is 17.5 Å². The van der Waals surface area contributed by atoms with Crippen molar-refractivity contribution in [3.8, 4) is 0 Å². The van der Waals surface area contributed by atoms with Crippen molar-refractivity contribution in [2.75, 3.05) is 11.9 Å². The third kappa shape index (κ3) is 3.80. The van der Waals surface area contributed by atoms with Gasteiger partial charge in [-0.3, -0.25) is 4.99 Å². The van der Waals surface area contributed by atoms with Crippen LogP contribution in [0.25, 0.3) is 0 Å². The largest absolute Gasteiger partial charge is 0.369 e. The average Bonchev–Trinajstić information content (AvgIpc) is 3.30. The smallest absolute Gasteiger partial charge is 0.143 e. The van der Waals surface area contributed by atoms with Gasteiger partial charge in [-0.05, 0) is 44.1 Å². The summed E-state index contributed by atoms with van der Waals surface area (Å²) in [7, 11) is 0. The molecule has 1 aliphatic carbocycles. The van der Waals surface area contributed by atoms with E-state index in [9.17, 15) is 0 Å². The molecule has 0 spiro atoms. The van der Waals surface area contributed by atoms with Gasteiger partial charge in [0.25, 0.3) is 0 Å². The lowest BCUT2D eigenvalue weighted by atomic mass is 9.87. The number of nitrogens with zero attached hydrogens (tertiary/aromatic N) is 3. The highest BCUT2D eigenvalue weighted by Crippen LogP contribution is 2.55. The first-order valence-corrected chi connectivity index (χ1v) is 11.8. The summed E-state index contributed by atoms with van der Waals surface area (Å²) < 4.78 is 0. The second-order valence-corrected chi connectivity index (χ2v) is 9.07. The van der Waals surface area contributed by atoms with Crippen molar-refractivity contribution in [2.24, 2.45) is 4.99 Å². The Morgan fingerprint density at radius 1 is 1.07 bits per heavy atom. The molecule has 0 radical (unpaired) electrons. The lowest BCUT2D eigenvalue weighted by Crippen LogP contribution is -2.21. The van der Waals surface area contributed by atoms with E-state index in [1.54, 1.807) is 17.5 Å². The second-order valence-electron chi connectivity index (χ2n) is 7.95. The van der Waals surface area contributed by atoms with Crippen molar-refractivity contribution in [1.82, 2.24) is 9.97 Å². The minimum absolute atomic E-state index is 0.279. The number of fused-ring (bicyclic) bond motifs is 4. The van der Waals surface area contributed by atoms with Crippen LogP contribution in [0.15, 0.2) is 27.4 Å². The molecule has 1 aromatic rings. The molecule has 0 aromatic carbocycles. The van der Waals surface area contributed by atoms with Crippen molar-refractivity contribution in [3.63, 3.8) is 0 Å². The van der Waals surface area contributed by atoms with Gasteiger partial charge in [-0.25, -0.2) is 9.97 Å². The molecule has 146 valence electrons. The zero-order valence-corrected chi connectivity index (χ0v) is 17.6. The van der Waals surface area contributed by atoms with Crippen LogP contribution in [-0.2, 0) is 0 Å². The van der Waals surface area contributed by atoms with Crippen LogP contribution in [0.4, 0.5) is 5.82 Å². The lowest BCUT2D eigenvalue weighted by molar-refractivity contribution is 0.681. The predicted molar refractivity (Wildman–Crippen MR) is 115 cm³/mol. The highest BCUT2D eigenvalue weighted by molar-refractivity contribution is 8.00. The van der Waals surface area contributed by atoms with E-state index >= 15 is 0 Å². The Morgan fingerprint density at radius 3 is 2.81 bits per heavy atom. The van der Waals surface area contributed by atoms with Crippen LogP contribution < -0.4 is 5.32 Å². The van der Waals surface area contributed by atoms with E-state index in [-0.39, 0.29) is 5.37 Å². The molecule has 4 rings (SSSR count). The molecule has 3 aliphatic rings.